The molecule has 0 spiro atoms. The van der Waals surface area contributed by atoms with Crippen LogP contribution in [0.1, 0.15) is 5.69 Å². The summed E-state index contributed by atoms with van der Waals surface area (Å²) in [6.45, 7) is 0.106. The molecule has 2 heterocycles. The molecule has 1 aromatic carbocycles. The van der Waals surface area contributed by atoms with E-state index in [4.69, 9.17) is 20.9 Å². The summed E-state index contributed by atoms with van der Waals surface area (Å²) in [5.41, 5.74) is 0.596. The average Bonchev–Trinajstić information content (AvgIpc) is 3.23. The van der Waals surface area contributed by atoms with Crippen LogP contribution in [0, 0.1) is 0 Å². The third-order valence-electron chi connectivity index (χ3n) is 2.87. The number of aromatic nitrogens is 1. The minimum Gasteiger partial charge on any atom is -0.458 e. The highest BCUT2D eigenvalue weighted by molar-refractivity contribution is 8.00. The van der Waals surface area contributed by atoms with Gasteiger partial charge < -0.3 is 9.26 Å². The molecular weight excluding hydrogens is 354 g/mol. The van der Waals surface area contributed by atoms with E-state index in [1.165, 1.54) is 11.8 Å². The van der Waals surface area contributed by atoms with E-state index in [1.807, 2.05) is 29.6 Å². The van der Waals surface area contributed by atoms with Crippen molar-refractivity contribution in [2.24, 2.45) is 0 Å². The Balaban J connectivity index is 1.46. The number of nitrogens with zero attached hydrogens (tertiary/aromatic N) is 1. The first-order valence-electron chi connectivity index (χ1n) is 6.74. The second-order valence-corrected chi connectivity index (χ2v) is 7.00. The average molecular weight is 366 g/mol. The molecule has 4 nitrogen and oxygen atoms in total. The summed E-state index contributed by atoms with van der Waals surface area (Å²) in [5, 5.41) is 6.54. The Hall–Kier alpha value is -1.76. The van der Waals surface area contributed by atoms with Crippen molar-refractivity contribution in [2.45, 2.75) is 11.5 Å². The van der Waals surface area contributed by atoms with E-state index in [0.29, 0.717) is 16.5 Å². The smallest absolute Gasteiger partial charge is 0.316 e. The number of carbonyl (C=O) groups is 1. The van der Waals surface area contributed by atoms with Gasteiger partial charge in [0, 0.05) is 16.0 Å². The minimum atomic E-state index is -0.300. The van der Waals surface area contributed by atoms with Crippen LogP contribution in [0.2, 0.25) is 5.02 Å². The zero-order valence-corrected chi connectivity index (χ0v) is 14.3. The molecule has 2 aromatic heterocycles. The molecule has 0 fully saturated rings. The van der Waals surface area contributed by atoms with Gasteiger partial charge >= 0.3 is 5.97 Å². The number of thioether (sulfide) groups is 1. The maximum atomic E-state index is 11.8. The van der Waals surface area contributed by atoms with Crippen LogP contribution in [-0.4, -0.2) is 16.9 Å². The van der Waals surface area contributed by atoms with Crippen molar-refractivity contribution in [3.63, 3.8) is 0 Å². The van der Waals surface area contributed by atoms with Crippen molar-refractivity contribution in [3.05, 3.63) is 58.6 Å². The highest BCUT2D eigenvalue weighted by Gasteiger charge is 2.10. The molecule has 0 saturated heterocycles. The molecule has 0 aliphatic carbocycles. The molecule has 0 bridgehead atoms. The quantitative estimate of drug-likeness (QED) is 0.459. The molecule has 7 heteroatoms. The predicted octanol–water partition coefficient (Wildman–Crippen LogP) is 4.89. The summed E-state index contributed by atoms with van der Waals surface area (Å²) < 4.78 is 10.4. The molecule has 3 rings (SSSR count). The predicted molar refractivity (Wildman–Crippen MR) is 91.8 cm³/mol. The fourth-order valence-electron chi connectivity index (χ4n) is 1.78. The van der Waals surface area contributed by atoms with Gasteiger partial charge in [-0.3, -0.25) is 4.79 Å². The molecular formula is C16H12ClNO3S2. The highest BCUT2D eigenvalue weighted by atomic mass is 35.5. The lowest BCUT2D eigenvalue weighted by Crippen LogP contribution is -2.07. The van der Waals surface area contributed by atoms with Crippen LogP contribution in [0.3, 0.4) is 0 Å². The summed E-state index contributed by atoms with van der Waals surface area (Å²) in [6.07, 6.45) is 0. The van der Waals surface area contributed by atoms with Gasteiger partial charge in [-0.15, -0.1) is 23.1 Å². The molecule has 23 heavy (non-hydrogen) atoms. The van der Waals surface area contributed by atoms with Gasteiger partial charge in [0.05, 0.1) is 10.6 Å². The molecule has 3 aromatic rings. The monoisotopic (exact) mass is 365 g/mol. The van der Waals surface area contributed by atoms with Gasteiger partial charge in [0.15, 0.2) is 5.76 Å². The number of rotatable bonds is 6. The lowest BCUT2D eigenvalue weighted by molar-refractivity contribution is -0.141. The maximum Gasteiger partial charge on any atom is 0.316 e. The van der Waals surface area contributed by atoms with Crippen LogP contribution in [0.5, 0.6) is 0 Å². The Kier molecular flexibility index (Phi) is 5.38. The Morgan fingerprint density at radius 3 is 2.87 bits per heavy atom. The molecule has 0 aliphatic heterocycles. The Morgan fingerprint density at radius 1 is 1.30 bits per heavy atom. The normalized spacial score (nSPS) is 10.7. The first-order valence-corrected chi connectivity index (χ1v) is 8.98. The molecule has 118 valence electrons. The van der Waals surface area contributed by atoms with E-state index in [1.54, 1.807) is 29.5 Å². The fraction of sp³-hybridized carbons (Fsp3) is 0.125. The van der Waals surface area contributed by atoms with Crippen LogP contribution >= 0.6 is 34.7 Å². The van der Waals surface area contributed by atoms with Gasteiger partial charge in [0.25, 0.3) is 0 Å². The number of halogens is 1. The first kappa shape index (κ1) is 16.1. The van der Waals surface area contributed by atoms with Crippen molar-refractivity contribution in [2.75, 3.05) is 5.75 Å². The number of thiophene rings is 1. The summed E-state index contributed by atoms with van der Waals surface area (Å²) >= 11 is 8.78. The van der Waals surface area contributed by atoms with Crippen molar-refractivity contribution < 1.29 is 14.1 Å². The van der Waals surface area contributed by atoms with Crippen molar-refractivity contribution in [1.82, 2.24) is 5.16 Å². The van der Waals surface area contributed by atoms with Crippen LogP contribution in [-0.2, 0) is 16.1 Å². The van der Waals surface area contributed by atoms with Crippen LogP contribution in [0.15, 0.2) is 57.3 Å². The number of hydrogen-bond acceptors (Lipinski definition) is 6. The van der Waals surface area contributed by atoms with E-state index in [9.17, 15) is 4.79 Å². The second kappa shape index (κ2) is 7.68. The maximum absolute atomic E-state index is 11.8. The van der Waals surface area contributed by atoms with E-state index >= 15 is 0 Å². The standard InChI is InChI=1S/C16H12ClNO3S2/c17-11-3-5-13(6-4-11)23-10-16(19)20-9-12-8-14(21-18-12)15-2-1-7-22-15/h1-8H,9-10H2. The zero-order chi connectivity index (χ0) is 16.1. The lowest BCUT2D eigenvalue weighted by atomic mass is 10.3. The Morgan fingerprint density at radius 2 is 2.13 bits per heavy atom. The second-order valence-electron chi connectivity index (χ2n) is 4.56. The lowest BCUT2D eigenvalue weighted by Gasteiger charge is -2.02. The Labute approximate surface area is 146 Å². The van der Waals surface area contributed by atoms with Crippen LogP contribution < -0.4 is 0 Å². The van der Waals surface area contributed by atoms with Crippen molar-refractivity contribution in [3.8, 4) is 10.6 Å². The molecule has 0 radical (unpaired) electrons. The van der Waals surface area contributed by atoms with Gasteiger partial charge in [-0.2, -0.15) is 0 Å². The topological polar surface area (TPSA) is 52.3 Å². The van der Waals surface area contributed by atoms with E-state index < -0.39 is 0 Å². The van der Waals surface area contributed by atoms with Gasteiger partial charge in [-0.05, 0) is 35.7 Å². The molecule has 0 aliphatic rings. The van der Waals surface area contributed by atoms with E-state index in [2.05, 4.69) is 5.16 Å². The van der Waals surface area contributed by atoms with E-state index in [0.717, 1.165) is 9.77 Å². The molecule has 0 atom stereocenters. The molecule has 0 saturated carbocycles. The van der Waals surface area contributed by atoms with E-state index in [-0.39, 0.29) is 18.3 Å². The van der Waals surface area contributed by atoms with Crippen molar-refractivity contribution >= 4 is 40.7 Å². The molecule has 0 amide bonds. The van der Waals surface area contributed by atoms with Gasteiger partial charge in [-0.1, -0.05) is 22.8 Å². The summed E-state index contributed by atoms with van der Waals surface area (Å²) in [6, 6.07) is 13.0. The largest absolute Gasteiger partial charge is 0.458 e. The summed E-state index contributed by atoms with van der Waals surface area (Å²) in [4.78, 5) is 13.7. The molecule has 0 N–H and O–H groups in total. The van der Waals surface area contributed by atoms with Crippen LogP contribution in [0.25, 0.3) is 10.6 Å². The Bertz CT molecular complexity index is 769. The van der Waals surface area contributed by atoms with Gasteiger partial charge in [0.2, 0.25) is 0 Å². The molecule has 0 unspecified atom stereocenters. The number of esters is 1. The van der Waals surface area contributed by atoms with Gasteiger partial charge in [0.1, 0.15) is 12.3 Å². The highest BCUT2D eigenvalue weighted by Crippen LogP contribution is 2.25. The number of benzene rings is 1. The SMILES string of the molecule is O=C(CSc1ccc(Cl)cc1)OCc1cc(-c2cccs2)on1. The summed E-state index contributed by atoms with van der Waals surface area (Å²) in [7, 11) is 0. The first-order chi connectivity index (χ1) is 11.2. The number of ether oxygens (including phenoxy) is 1. The summed E-state index contributed by atoms with van der Waals surface area (Å²) in [5.74, 6) is 0.615. The number of carbonyl (C=O) groups excluding carboxylic acids is 1. The number of hydrogen-bond donors (Lipinski definition) is 0. The zero-order valence-electron chi connectivity index (χ0n) is 11.9. The third-order valence-corrected chi connectivity index (χ3v) is 5.00. The van der Waals surface area contributed by atoms with Crippen LogP contribution in [0.4, 0.5) is 0 Å². The van der Waals surface area contributed by atoms with Crippen molar-refractivity contribution in [1.29, 1.82) is 0 Å². The minimum absolute atomic E-state index is 0.106. The third kappa shape index (κ3) is 4.60. The fourth-order valence-corrected chi connectivity index (χ4v) is 3.28. The van der Waals surface area contributed by atoms with Gasteiger partial charge in [-0.25, -0.2) is 0 Å².